The lowest BCUT2D eigenvalue weighted by Crippen LogP contribution is -2.43. The van der Waals surface area contributed by atoms with E-state index in [1.54, 1.807) is 0 Å². The number of carbonyl (C=O) groups excluding carboxylic acids is 1. The summed E-state index contributed by atoms with van der Waals surface area (Å²) in [5.74, 6) is 1.03. The number of rotatable bonds is 7. The van der Waals surface area contributed by atoms with Gasteiger partial charge in [0.15, 0.2) is 0 Å². The van der Waals surface area contributed by atoms with Crippen LogP contribution in [-0.2, 0) is 4.79 Å². The molecule has 5 heteroatoms. The van der Waals surface area contributed by atoms with E-state index in [0.29, 0.717) is 6.54 Å². The average molecular weight is 340 g/mol. The molecule has 0 saturated carbocycles. The van der Waals surface area contributed by atoms with Crippen LogP contribution < -0.4 is 10.2 Å². The summed E-state index contributed by atoms with van der Waals surface area (Å²) < 4.78 is 0. The number of para-hydroxylation sites is 1. The number of piperidine rings is 1. The first kappa shape index (κ1) is 19.9. The van der Waals surface area contributed by atoms with Gasteiger partial charge in [-0.05, 0) is 70.9 Å². The van der Waals surface area contributed by atoms with Crippen molar-refractivity contribution < 1.29 is 4.79 Å². The number of benzene rings is 1. The predicted molar refractivity (Wildman–Crippen MR) is 99.4 cm³/mol. The number of likely N-dealkylation sites (tertiary alicyclic amines) is 1. The molecule has 1 fully saturated rings. The van der Waals surface area contributed by atoms with Crippen LogP contribution in [0.2, 0.25) is 0 Å². The molecule has 1 amide bonds. The van der Waals surface area contributed by atoms with Gasteiger partial charge in [0.1, 0.15) is 0 Å². The van der Waals surface area contributed by atoms with Gasteiger partial charge in [-0.3, -0.25) is 9.69 Å². The fraction of sp³-hybridized carbons (Fsp3) is 0.611. The van der Waals surface area contributed by atoms with Gasteiger partial charge in [0, 0.05) is 12.2 Å². The highest BCUT2D eigenvalue weighted by Crippen LogP contribution is 2.20. The summed E-state index contributed by atoms with van der Waals surface area (Å²) in [5.41, 5.74) is 0.999. The lowest BCUT2D eigenvalue weighted by Gasteiger charge is -2.33. The van der Waals surface area contributed by atoms with Gasteiger partial charge in [-0.1, -0.05) is 18.2 Å². The zero-order valence-electron chi connectivity index (χ0n) is 14.3. The molecule has 0 atom stereocenters. The van der Waals surface area contributed by atoms with Crippen molar-refractivity contribution >= 4 is 24.0 Å². The number of likely N-dealkylation sites (N-methyl/N-ethyl adjacent to an activating group) is 1. The first-order valence-corrected chi connectivity index (χ1v) is 8.47. The molecule has 0 aliphatic carbocycles. The van der Waals surface area contributed by atoms with Crippen LogP contribution in [0.15, 0.2) is 30.3 Å². The number of halogens is 1. The molecular formula is C18H30ClN3O. The maximum absolute atomic E-state index is 12.6. The summed E-state index contributed by atoms with van der Waals surface area (Å²) in [6.45, 7) is 6.50. The minimum Gasteiger partial charge on any atom is -0.320 e. The number of hydrogen-bond acceptors (Lipinski definition) is 3. The Labute approximate surface area is 146 Å². The van der Waals surface area contributed by atoms with Crippen LogP contribution in [0.1, 0.15) is 26.2 Å². The van der Waals surface area contributed by atoms with Gasteiger partial charge in [0.2, 0.25) is 5.91 Å². The summed E-state index contributed by atoms with van der Waals surface area (Å²) in [6, 6.07) is 9.96. The predicted octanol–water partition coefficient (Wildman–Crippen LogP) is 2.78. The SMILES string of the molecule is CCN(C(=O)CN1CCC(CCNC)CC1)c1ccccc1.Cl. The molecule has 0 bridgehead atoms. The Morgan fingerprint density at radius 1 is 1.26 bits per heavy atom. The van der Waals surface area contributed by atoms with Crippen molar-refractivity contribution in [2.75, 3.05) is 44.7 Å². The molecule has 1 aliphatic heterocycles. The highest BCUT2D eigenvalue weighted by Gasteiger charge is 2.22. The number of nitrogens with one attached hydrogen (secondary N) is 1. The molecule has 4 nitrogen and oxygen atoms in total. The number of nitrogens with zero attached hydrogens (tertiary/aromatic N) is 2. The molecular weight excluding hydrogens is 310 g/mol. The fourth-order valence-electron chi connectivity index (χ4n) is 3.17. The van der Waals surface area contributed by atoms with Crippen molar-refractivity contribution in [3.63, 3.8) is 0 Å². The highest BCUT2D eigenvalue weighted by molar-refractivity contribution is 5.94. The van der Waals surface area contributed by atoms with Crippen LogP contribution in [0.3, 0.4) is 0 Å². The molecule has 0 aromatic heterocycles. The van der Waals surface area contributed by atoms with E-state index in [-0.39, 0.29) is 18.3 Å². The molecule has 130 valence electrons. The Bertz CT molecular complexity index is 447. The van der Waals surface area contributed by atoms with E-state index in [0.717, 1.165) is 37.8 Å². The first-order chi connectivity index (χ1) is 10.7. The van der Waals surface area contributed by atoms with Crippen molar-refractivity contribution in [1.29, 1.82) is 0 Å². The maximum Gasteiger partial charge on any atom is 0.241 e. The van der Waals surface area contributed by atoms with Crippen molar-refractivity contribution in [2.24, 2.45) is 5.92 Å². The van der Waals surface area contributed by atoms with Crippen molar-refractivity contribution in [3.8, 4) is 0 Å². The Kier molecular flexibility index (Phi) is 9.22. The van der Waals surface area contributed by atoms with Crippen LogP contribution in [0.5, 0.6) is 0 Å². The lowest BCUT2D eigenvalue weighted by molar-refractivity contribution is -0.120. The molecule has 0 spiro atoms. The van der Waals surface area contributed by atoms with E-state index in [2.05, 4.69) is 10.2 Å². The summed E-state index contributed by atoms with van der Waals surface area (Å²) in [6.07, 6.45) is 3.68. The third-order valence-electron chi connectivity index (χ3n) is 4.55. The van der Waals surface area contributed by atoms with Crippen LogP contribution in [-0.4, -0.2) is 50.6 Å². The molecule has 1 aliphatic rings. The van der Waals surface area contributed by atoms with Crippen LogP contribution in [0.25, 0.3) is 0 Å². The van der Waals surface area contributed by atoms with Gasteiger partial charge in [-0.15, -0.1) is 12.4 Å². The van der Waals surface area contributed by atoms with E-state index >= 15 is 0 Å². The topological polar surface area (TPSA) is 35.6 Å². The largest absolute Gasteiger partial charge is 0.320 e. The second-order valence-electron chi connectivity index (χ2n) is 6.09. The fourth-order valence-corrected chi connectivity index (χ4v) is 3.17. The number of hydrogen-bond donors (Lipinski definition) is 1. The number of amides is 1. The summed E-state index contributed by atoms with van der Waals surface area (Å²) in [5, 5.41) is 3.22. The summed E-state index contributed by atoms with van der Waals surface area (Å²) in [7, 11) is 2.01. The molecule has 1 aromatic rings. The Balaban J connectivity index is 0.00000264. The zero-order chi connectivity index (χ0) is 15.8. The quantitative estimate of drug-likeness (QED) is 0.829. The van der Waals surface area contributed by atoms with E-state index in [4.69, 9.17) is 0 Å². The third kappa shape index (κ3) is 6.13. The lowest BCUT2D eigenvalue weighted by atomic mass is 9.93. The van der Waals surface area contributed by atoms with Crippen molar-refractivity contribution in [2.45, 2.75) is 26.2 Å². The van der Waals surface area contributed by atoms with Crippen LogP contribution >= 0.6 is 12.4 Å². The number of anilines is 1. The normalized spacial score (nSPS) is 15.9. The minimum atomic E-state index is 0. The van der Waals surface area contributed by atoms with Gasteiger partial charge in [0.25, 0.3) is 0 Å². The molecule has 1 aromatic carbocycles. The smallest absolute Gasteiger partial charge is 0.241 e. The van der Waals surface area contributed by atoms with E-state index in [9.17, 15) is 4.79 Å². The molecule has 0 unspecified atom stereocenters. The molecule has 2 rings (SSSR count). The van der Waals surface area contributed by atoms with Crippen molar-refractivity contribution in [1.82, 2.24) is 10.2 Å². The molecule has 1 heterocycles. The van der Waals surface area contributed by atoms with Crippen LogP contribution in [0, 0.1) is 5.92 Å². The summed E-state index contributed by atoms with van der Waals surface area (Å²) >= 11 is 0. The number of carbonyl (C=O) groups is 1. The minimum absolute atomic E-state index is 0. The zero-order valence-corrected chi connectivity index (χ0v) is 15.1. The Hall–Kier alpha value is -1.10. The average Bonchev–Trinajstić information content (AvgIpc) is 2.56. The first-order valence-electron chi connectivity index (χ1n) is 8.47. The van der Waals surface area contributed by atoms with Gasteiger partial charge >= 0.3 is 0 Å². The van der Waals surface area contributed by atoms with Gasteiger partial charge < -0.3 is 10.2 Å². The summed E-state index contributed by atoms with van der Waals surface area (Å²) in [4.78, 5) is 16.8. The standard InChI is InChI=1S/C18H29N3O.ClH/c1-3-21(17-7-5-4-6-8-17)18(22)15-20-13-10-16(11-14-20)9-12-19-2;/h4-8,16,19H,3,9-15H2,1-2H3;1H. The van der Waals surface area contributed by atoms with E-state index < -0.39 is 0 Å². The molecule has 23 heavy (non-hydrogen) atoms. The van der Waals surface area contributed by atoms with Gasteiger partial charge in [0.05, 0.1) is 6.54 Å². The van der Waals surface area contributed by atoms with Gasteiger partial charge in [-0.2, -0.15) is 0 Å². The van der Waals surface area contributed by atoms with E-state index in [1.807, 2.05) is 49.2 Å². The molecule has 0 radical (unpaired) electrons. The highest BCUT2D eigenvalue weighted by atomic mass is 35.5. The molecule has 1 saturated heterocycles. The Morgan fingerprint density at radius 3 is 2.48 bits per heavy atom. The molecule has 1 N–H and O–H groups in total. The monoisotopic (exact) mass is 339 g/mol. The maximum atomic E-state index is 12.6. The second-order valence-corrected chi connectivity index (χ2v) is 6.09. The Morgan fingerprint density at radius 2 is 1.91 bits per heavy atom. The van der Waals surface area contributed by atoms with Crippen molar-refractivity contribution in [3.05, 3.63) is 30.3 Å². The van der Waals surface area contributed by atoms with Gasteiger partial charge in [-0.25, -0.2) is 0 Å². The second kappa shape index (κ2) is 10.6. The third-order valence-corrected chi connectivity index (χ3v) is 4.55. The van der Waals surface area contributed by atoms with Crippen LogP contribution in [0.4, 0.5) is 5.69 Å². The van der Waals surface area contributed by atoms with E-state index in [1.165, 1.54) is 19.3 Å².